The Morgan fingerprint density at radius 2 is 2.24 bits per heavy atom. The predicted octanol–water partition coefficient (Wildman–Crippen LogP) is 1.75. The van der Waals surface area contributed by atoms with Gasteiger partial charge < -0.3 is 16.4 Å². The predicted molar refractivity (Wildman–Crippen MR) is 84.6 cm³/mol. The van der Waals surface area contributed by atoms with Gasteiger partial charge in [0.2, 0.25) is 0 Å². The molecular formula is C14H22N4O2S. The number of amides is 3. The molecule has 1 aliphatic rings. The topological polar surface area (TPSA) is 101 Å². The number of hydrogen-bond acceptors (Lipinski definition) is 4. The molecule has 1 aliphatic heterocycles. The van der Waals surface area contributed by atoms with Crippen LogP contribution in [-0.4, -0.2) is 36.0 Å². The summed E-state index contributed by atoms with van der Waals surface area (Å²) < 4.78 is 0. The number of nitrogens with zero attached hydrogens (tertiary/aromatic N) is 1. The molecule has 6 nitrogen and oxygen atoms in total. The van der Waals surface area contributed by atoms with E-state index in [1.165, 1.54) is 11.3 Å². The van der Waals surface area contributed by atoms with Crippen LogP contribution in [0, 0.1) is 0 Å². The highest BCUT2D eigenvalue weighted by Gasteiger charge is 2.25. The van der Waals surface area contributed by atoms with Gasteiger partial charge in [0.15, 0.2) is 0 Å². The number of aryl methyl sites for hydroxylation is 1. The van der Waals surface area contributed by atoms with Crippen LogP contribution in [0.1, 0.15) is 41.4 Å². The van der Waals surface area contributed by atoms with E-state index in [1.54, 1.807) is 4.90 Å². The van der Waals surface area contributed by atoms with Crippen LogP contribution < -0.4 is 16.8 Å². The summed E-state index contributed by atoms with van der Waals surface area (Å²) in [4.78, 5) is 26.6. The Morgan fingerprint density at radius 1 is 1.48 bits per heavy atom. The van der Waals surface area contributed by atoms with Gasteiger partial charge in [-0.3, -0.25) is 10.1 Å². The minimum absolute atomic E-state index is 0.0216. The summed E-state index contributed by atoms with van der Waals surface area (Å²) in [6.45, 7) is 3.28. The van der Waals surface area contributed by atoms with E-state index in [2.05, 4.69) is 5.32 Å². The monoisotopic (exact) mass is 310 g/mol. The van der Waals surface area contributed by atoms with Crippen LogP contribution in [0.15, 0.2) is 6.07 Å². The van der Waals surface area contributed by atoms with Gasteiger partial charge in [0.1, 0.15) is 5.00 Å². The molecule has 5 N–H and O–H groups in total. The SMILES string of the molecule is CCc1cc(C(=O)N2CCCC[C@H](N)C2)c(NC(N)=O)s1. The van der Waals surface area contributed by atoms with Crippen molar-refractivity contribution in [2.24, 2.45) is 11.5 Å². The number of primary amides is 1. The molecule has 1 aromatic heterocycles. The highest BCUT2D eigenvalue weighted by molar-refractivity contribution is 7.16. The van der Waals surface area contributed by atoms with E-state index in [1.807, 2.05) is 13.0 Å². The number of urea groups is 1. The quantitative estimate of drug-likeness (QED) is 0.792. The van der Waals surface area contributed by atoms with Gasteiger partial charge in [0, 0.05) is 24.0 Å². The zero-order valence-corrected chi connectivity index (χ0v) is 13.0. The van der Waals surface area contributed by atoms with E-state index < -0.39 is 6.03 Å². The average molecular weight is 310 g/mol. The second-order valence-electron chi connectivity index (χ2n) is 5.31. The maximum Gasteiger partial charge on any atom is 0.317 e. The van der Waals surface area contributed by atoms with Crippen molar-refractivity contribution < 1.29 is 9.59 Å². The molecule has 0 aromatic carbocycles. The number of carbonyl (C=O) groups excluding carboxylic acids is 2. The largest absolute Gasteiger partial charge is 0.351 e. The van der Waals surface area contributed by atoms with Crippen LogP contribution in [-0.2, 0) is 6.42 Å². The molecule has 116 valence electrons. The number of nitrogens with one attached hydrogen (secondary N) is 1. The lowest BCUT2D eigenvalue weighted by atomic mass is 10.1. The number of rotatable bonds is 3. The summed E-state index contributed by atoms with van der Waals surface area (Å²) in [6.07, 6.45) is 3.76. The molecule has 21 heavy (non-hydrogen) atoms. The third-order valence-electron chi connectivity index (χ3n) is 3.59. The van der Waals surface area contributed by atoms with Gasteiger partial charge in [0.05, 0.1) is 5.56 Å². The van der Waals surface area contributed by atoms with Crippen LogP contribution in [0.4, 0.5) is 9.80 Å². The first-order valence-corrected chi connectivity index (χ1v) is 8.07. The van der Waals surface area contributed by atoms with Gasteiger partial charge in [-0.05, 0) is 25.3 Å². The van der Waals surface area contributed by atoms with Crippen molar-refractivity contribution in [1.82, 2.24) is 4.90 Å². The molecule has 3 amide bonds. The van der Waals surface area contributed by atoms with Gasteiger partial charge in [-0.25, -0.2) is 4.79 Å². The smallest absolute Gasteiger partial charge is 0.317 e. The Labute approximate surface area is 128 Å². The van der Waals surface area contributed by atoms with Crippen molar-refractivity contribution in [3.8, 4) is 0 Å². The molecule has 2 rings (SSSR count). The average Bonchev–Trinajstić information content (AvgIpc) is 2.70. The molecule has 7 heteroatoms. The van der Waals surface area contributed by atoms with Crippen molar-refractivity contribution in [3.63, 3.8) is 0 Å². The Hall–Kier alpha value is -1.60. The van der Waals surface area contributed by atoms with Crippen LogP contribution in [0.2, 0.25) is 0 Å². The van der Waals surface area contributed by atoms with E-state index in [-0.39, 0.29) is 11.9 Å². The number of hydrogen-bond donors (Lipinski definition) is 3. The van der Waals surface area contributed by atoms with E-state index in [4.69, 9.17) is 11.5 Å². The highest BCUT2D eigenvalue weighted by atomic mass is 32.1. The molecule has 0 aliphatic carbocycles. The molecule has 2 heterocycles. The molecule has 0 radical (unpaired) electrons. The van der Waals surface area contributed by atoms with Gasteiger partial charge in [-0.1, -0.05) is 13.3 Å². The van der Waals surface area contributed by atoms with Crippen molar-refractivity contribution in [1.29, 1.82) is 0 Å². The molecule has 1 aromatic rings. The van der Waals surface area contributed by atoms with E-state index in [0.29, 0.717) is 23.7 Å². The maximum absolute atomic E-state index is 12.7. The highest BCUT2D eigenvalue weighted by Crippen LogP contribution is 2.30. The lowest BCUT2D eigenvalue weighted by Crippen LogP contribution is -2.40. The van der Waals surface area contributed by atoms with Crippen molar-refractivity contribution in [3.05, 3.63) is 16.5 Å². The minimum Gasteiger partial charge on any atom is -0.351 e. The molecule has 0 unspecified atom stereocenters. The molecule has 0 spiro atoms. The van der Waals surface area contributed by atoms with Crippen LogP contribution >= 0.6 is 11.3 Å². The van der Waals surface area contributed by atoms with Crippen molar-refractivity contribution >= 4 is 28.3 Å². The lowest BCUT2D eigenvalue weighted by molar-refractivity contribution is 0.0756. The molecule has 1 fully saturated rings. The standard InChI is InChI=1S/C14H22N4O2S/c1-2-10-7-11(12(21-10)17-14(16)20)13(19)18-6-4-3-5-9(15)8-18/h7,9H,2-6,8,15H2,1H3,(H3,16,17,20)/t9-/m0/s1. The molecule has 0 saturated carbocycles. The van der Waals surface area contributed by atoms with E-state index in [9.17, 15) is 9.59 Å². The van der Waals surface area contributed by atoms with Crippen LogP contribution in [0.5, 0.6) is 0 Å². The molecule has 0 bridgehead atoms. The fourth-order valence-electron chi connectivity index (χ4n) is 2.51. The Balaban J connectivity index is 2.24. The first kappa shape index (κ1) is 15.8. The van der Waals surface area contributed by atoms with E-state index in [0.717, 1.165) is 30.6 Å². The Kier molecular flexibility index (Phi) is 5.19. The van der Waals surface area contributed by atoms with Gasteiger partial charge >= 0.3 is 6.03 Å². The zero-order valence-electron chi connectivity index (χ0n) is 12.2. The molecule has 1 saturated heterocycles. The normalized spacial score (nSPS) is 19.1. The number of anilines is 1. The number of nitrogens with two attached hydrogens (primary N) is 2. The summed E-state index contributed by atoms with van der Waals surface area (Å²) in [5.74, 6) is -0.0768. The third kappa shape index (κ3) is 3.95. The van der Waals surface area contributed by atoms with Crippen LogP contribution in [0.3, 0.4) is 0 Å². The lowest BCUT2D eigenvalue weighted by Gasteiger charge is -2.22. The van der Waals surface area contributed by atoms with Crippen LogP contribution in [0.25, 0.3) is 0 Å². The fourth-order valence-corrected chi connectivity index (χ4v) is 3.50. The minimum atomic E-state index is -0.652. The third-order valence-corrected chi connectivity index (χ3v) is 4.79. The van der Waals surface area contributed by atoms with Gasteiger partial charge in [-0.2, -0.15) is 0 Å². The maximum atomic E-state index is 12.7. The summed E-state index contributed by atoms with van der Waals surface area (Å²) in [5, 5.41) is 3.08. The number of carbonyl (C=O) groups is 2. The molecule has 1 atom stereocenters. The second kappa shape index (κ2) is 6.91. The summed E-state index contributed by atoms with van der Waals surface area (Å²) in [7, 11) is 0. The number of likely N-dealkylation sites (tertiary alicyclic amines) is 1. The Morgan fingerprint density at radius 3 is 2.90 bits per heavy atom. The first-order valence-electron chi connectivity index (χ1n) is 7.25. The first-order chi connectivity index (χ1) is 10.0. The zero-order chi connectivity index (χ0) is 15.4. The molecular weight excluding hydrogens is 288 g/mol. The number of thiophene rings is 1. The van der Waals surface area contributed by atoms with Gasteiger partial charge in [-0.15, -0.1) is 11.3 Å². The summed E-state index contributed by atoms with van der Waals surface area (Å²) >= 11 is 1.40. The Bertz CT molecular complexity index is 529. The van der Waals surface area contributed by atoms with Crippen molar-refractivity contribution in [2.45, 2.75) is 38.6 Å². The van der Waals surface area contributed by atoms with Crippen molar-refractivity contribution in [2.75, 3.05) is 18.4 Å². The van der Waals surface area contributed by atoms with Gasteiger partial charge in [0.25, 0.3) is 5.91 Å². The second-order valence-corrected chi connectivity index (χ2v) is 6.44. The van der Waals surface area contributed by atoms with E-state index >= 15 is 0 Å². The fraction of sp³-hybridized carbons (Fsp3) is 0.571. The summed E-state index contributed by atoms with van der Waals surface area (Å²) in [5.41, 5.74) is 11.7. The summed E-state index contributed by atoms with van der Waals surface area (Å²) in [6, 6.07) is 1.21.